The Balaban J connectivity index is 1.72. The summed E-state index contributed by atoms with van der Waals surface area (Å²) < 4.78 is 8.13. The summed E-state index contributed by atoms with van der Waals surface area (Å²) in [6.45, 7) is 1.03. The van der Waals surface area contributed by atoms with Gasteiger partial charge in [-0.05, 0) is 76.2 Å². The van der Waals surface area contributed by atoms with Crippen molar-refractivity contribution in [1.82, 2.24) is 9.88 Å². The Bertz CT molecular complexity index is 994. The lowest BCUT2D eigenvalue weighted by molar-refractivity contribution is -0.0250. The third-order valence-electron chi connectivity index (χ3n) is 6.96. The average molecular weight is 499 g/mol. The lowest BCUT2D eigenvalue weighted by atomic mass is 9.52. The number of halogens is 2. The molecule has 0 saturated carbocycles. The van der Waals surface area contributed by atoms with E-state index in [1.807, 2.05) is 0 Å². The van der Waals surface area contributed by atoms with Crippen LogP contribution >= 0.6 is 43.2 Å². The summed E-state index contributed by atoms with van der Waals surface area (Å²) in [5.74, 6) is 1.30. The third-order valence-corrected chi connectivity index (χ3v) is 10.1. The van der Waals surface area contributed by atoms with E-state index in [0.29, 0.717) is 27.3 Å². The molecule has 1 aromatic heterocycles. The fourth-order valence-corrected chi connectivity index (χ4v) is 7.80. The molecule has 8 heteroatoms. The van der Waals surface area contributed by atoms with Crippen molar-refractivity contribution in [1.29, 1.82) is 0 Å². The Morgan fingerprint density at radius 2 is 2.15 bits per heavy atom. The van der Waals surface area contributed by atoms with Crippen molar-refractivity contribution in [3.8, 4) is 11.5 Å². The van der Waals surface area contributed by atoms with Gasteiger partial charge < -0.3 is 20.5 Å². The van der Waals surface area contributed by atoms with E-state index < -0.39 is 0 Å². The van der Waals surface area contributed by atoms with Gasteiger partial charge in [0.1, 0.15) is 0 Å². The summed E-state index contributed by atoms with van der Waals surface area (Å²) in [5, 5.41) is 11.4. The second kappa shape index (κ2) is 4.96. The topological polar surface area (TPSA) is 71.6 Å². The molecule has 3 N–H and O–H groups in total. The van der Waals surface area contributed by atoms with Crippen LogP contribution in [0.15, 0.2) is 8.95 Å². The number of fused-ring (bicyclic) bond motifs is 2. The summed E-state index contributed by atoms with van der Waals surface area (Å²) in [4.78, 5) is 8.40. The number of benzene rings is 1. The molecule has 4 aliphatic rings. The van der Waals surface area contributed by atoms with Crippen molar-refractivity contribution in [3.05, 3.63) is 30.6 Å². The molecular weight excluding hydrogens is 482 g/mol. The highest BCUT2D eigenvalue weighted by molar-refractivity contribution is 9.13. The van der Waals surface area contributed by atoms with Gasteiger partial charge in [-0.1, -0.05) is 0 Å². The maximum absolute atomic E-state index is 10.8. The SMILES string of the molecule is CN1CC[C@]23c4c5c(Br)c(Br)c(O)c4O[C@H]2c2nc(N)sc2C[C@H]3[C@H]1C5. The van der Waals surface area contributed by atoms with Crippen LogP contribution in [0.1, 0.15) is 34.2 Å². The Morgan fingerprint density at radius 3 is 2.96 bits per heavy atom. The second-order valence-electron chi connectivity index (χ2n) is 7.87. The van der Waals surface area contributed by atoms with E-state index in [4.69, 9.17) is 10.5 Å². The molecule has 2 aliphatic heterocycles. The number of likely N-dealkylation sites (N-methyl/N-ethyl adjacent to an activating group) is 1. The molecule has 1 saturated heterocycles. The molecule has 26 heavy (non-hydrogen) atoms. The number of nitrogens with zero attached hydrogens (tertiary/aromatic N) is 2. The van der Waals surface area contributed by atoms with Gasteiger partial charge in [-0.3, -0.25) is 0 Å². The van der Waals surface area contributed by atoms with Gasteiger partial charge >= 0.3 is 0 Å². The third kappa shape index (κ3) is 1.65. The van der Waals surface area contributed by atoms with Crippen molar-refractivity contribution >= 4 is 48.3 Å². The van der Waals surface area contributed by atoms with Crippen LogP contribution in [0.2, 0.25) is 0 Å². The number of piperidine rings is 1. The molecule has 6 rings (SSSR count). The zero-order chi connectivity index (χ0) is 18.0. The smallest absolute Gasteiger partial charge is 0.180 e. The van der Waals surface area contributed by atoms with Crippen LogP contribution in [0, 0.1) is 5.92 Å². The number of hydrogen-bond acceptors (Lipinski definition) is 6. The first-order valence-electron chi connectivity index (χ1n) is 8.78. The first-order chi connectivity index (χ1) is 12.4. The quantitative estimate of drug-likeness (QED) is 0.578. The van der Waals surface area contributed by atoms with Gasteiger partial charge in [0.2, 0.25) is 0 Å². The molecule has 2 aliphatic carbocycles. The fraction of sp³-hybridized carbons (Fsp3) is 0.500. The summed E-state index contributed by atoms with van der Waals surface area (Å²) in [7, 11) is 2.23. The Hall–Kier alpha value is -0.830. The highest BCUT2D eigenvalue weighted by Crippen LogP contribution is 2.69. The number of thiazole rings is 1. The number of ether oxygens (including phenoxy) is 1. The summed E-state index contributed by atoms with van der Waals surface area (Å²) in [6, 6.07) is 0.456. The standard InChI is InChI=1S/C18H17Br2N3O2S/c1-23-3-2-18-7-5-9-13(22-17(21)26-9)16(18)25-15-10(18)6(4-8(7)23)11(19)12(20)14(15)24/h7-8,16,24H,2-5H2,1H3,(H2,21,22)/t7-,8+,16-,18-/m0/s1. The van der Waals surface area contributed by atoms with Crippen molar-refractivity contribution in [2.45, 2.75) is 36.8 Å². The molecule has 136 valence electrons. The number of hydrogen-bond donors (Lipinski definition) is 2. The van der Waals surface area contributed by atoms with Crippen LogP contribution < -0.4 is 10.5 Å². The van der Waals surface area contributed by atoms with Crippen LogP contribution in [0.3, 0.4) is 0 Å². The van der Waals surface area contributed by atoms with Gasteiger partial charge in [0.15, 0.2) is 22.7 Å². The van der Waals surface area contributed by atoms with E-state index >= 15 is 0 Å². The van der Waals surface area contributed by atoms with Crippen molar-refractivity contribution in [2.75, 3.05) is 19.3 Å². The average Bonchev–Trinajstić information content (AvgIpc) is 3.14. The normalized spacial score (nSPS) is 33.6. The van der Waals surface area contributed by atoms with E-state index in [0.717, 1.165) is 36.0 Å². The predicted octanol–water partition coefficient (Wildman–Crippen LogP) is 3.76. The van der Waals surface area contributed by atoms with Crippen molar-refractivity contribution in [3.63, 3.8) is 0 Å². The zero-order valence-electron chi connectivity index (χ0n) is 14.1. The van der Waals surface area contributed by atoms with Gasteiger partial charge in [0.25, 0.3) is 0 Å². The highest BCUT2D eigenvalue weighted by atomic mass is 79.9. The summed E-state index contributed by atoms with van der Waals surface area (Å²) >= 11 is 8.87. The molecule has 0 radical (unpaired) electrons. The molecule has 0 unspecified atom stereocenters. The van der Waals surface area contributed by atoms with E-state index in [1.54, 1.807) is 11.3 Å². The van der Waals surface area contributed by atoms with Crippen molar-refractivity contribution in [2.24, 2.45) is 5.92 Å². The molecule has 1 fully saturated rings. The van der Waals surface area contributed by atoms with Gasteiger partial charge in [-0.15, -0.1) is 11.3 Å². The van der Waals surface area contributed by atoms with Crippen LogP contribution in [-0.2, 0) is 18.3 Å². The molecule has 5 nitrogen and oxygen atoms in total. The van der Waals surface area contributed by atoms with E-state index in [9.17, 15) is 5.11 Å². The summed E-state index contributed by atoms with van der Waals surface area (Å²) in [5.41, 5.74) is 9.42. The number of phenols is 1. The van der Waals surface area contributed by atoms with E-state index in [1.165, 1.54) is 16.0 Å². The largest absolute Gasteiger partial charge is 0.503 e. The fourth-order valence-electron chi connectivity index (χ4n) is 5.91. The molecule has 2 aromatic rings. The number of anilines is 1. The maximum atomic E-state index is 10.8. The minimum atomic E-state index is -0.151. The lowest BCUT2D eigenvalue weighted by Gasteiger charge is -2.57. The monoisotopic (exact) mass is 497 g/mol. The van der Waals surface area contributed by atoms with Gasteiger partial charge in [-0.2, -0.15) is 0 Å². The Morgan fingerprint density at radius 1 is 1.35 bits per heavy atom. The Labute approximate surface area is 171 Å². The van der Waals surface area contributed by atoms with Gasteiger partial charge in [0, 0.05) is 26.4 Å². The first kappa shape index (κ1) is 16.2. The molecule has 1 aromatic carbocycles. The summed E-state index contributed by atoms with van der Waals surface area (Å²) in [6.07, 6.45) is 2.82. The van der Waals surface area contributed by atoms with Gasteiger partial charge in [-0.25, -0.2) is 4.98 Å². The second-order valence-corrected chi connectivity index (χ2v) is 10.6. The zero-order valence-corrected chi connectivity index (χ0v) is 18.0. The number of phenolic OH excluding ortho intramolecular Hbond substituents is 1. The van der Waals surface area contributed by atoms with Crippen molar-refractivity contribution < 1.29 is 9.84 Å². The molecule has 1 spiro atoms. The highest BCUT2D eigenvalue weighted by Gasteiger charge is 2.66. The maximum Gasteiger partial charge on any atom is 0.180 e. The number of likely N-dealkylation sites (tertiary alicyclic amines) is 1. The predicted molar refractivity (Wildman–Crippen MR) is 107 cm³/mol. The van der Waals surface area contributed by atoms with E-state index in [-0.39, 0.29) is 17.3 Å². The molecule has 2 bridgehead atoms. The number of nitrogens with two attached hydrogens (primary N) is 1. The van der Waals surface area contributed by atoms with Crippen LogP contribution in [0.5, 0.6) is 11.5 Å². The molecule has 3 heterocycles. The minimum absolute atomic E-state index is 0.117. The number of aromatic hydroxyl groups is 1. The minimum Gasteiger partial charge on any atom is -0.503 e. The lowest BCUT2D eigenvalue weighted by Crippen LogP contribution is -2.62. The van der Waals surface area contributed by atoms with Crippen LogP contribution in [0.25, 0.3) is 0 Å². The number of aromatic nitrogens is 1. The number of nitrogen functional groups attached to an aromatic ring is 1. The van der Waals surface area contributed by atoms with Crippen LogP contribution in [-0.4, -0.2) is 34.6 Å². The molecular formula is C18H17Br2N3O2S. The first-order valence-corrected chi connectivity index (χ1v) is 11.2. The molecule has 0 amide bonds. The Kier molecular flexibility index (Phi) is 3.08. The van der Waals surface area contributed by atoms with Crippen LogP contribution in [0.4, 0.5) is 5.13 Å². The molecule has 4 atom stereocenters. The van der Waals surface area contributed by atoms with Gasteiger partial charge in [0.05, 0.1) is 10.2 Å². The number of rotatable bonds is 0. The van der Waals surface area contributed by atoms with E-state index in [2.05, 4.69) is 48.8 Å².